The van der Waals surface area contributed by atoms with Crippen molar-refractivity contribution < 1.29 is 18.3 Å². The van der Waals surface area contributed by atoms with E-state index in [0.29, 0.717) is 12.2 Å². The van der Waals surface area contributed by atoms with Crippen molar-refractivity contribution in [3.63, 3.8) is 0 Å². The number of nitriles is 1. The highest BCUT2D eigenvalue weighted by Gasteiger charge is 2.12. The van der Waals surface area contributed by atoms with Gasteiger partial charge in [-0.15, -0.1) is 0 Å². The van der Waals surface area contributed by atoms with Crippen LogP contribution in [0, 0.1) is 23.0 Å². The zero-order valence-electron chi connectivity index (χ0n) is 12.1. The minimum Gasteiger partial charge on any atom is -0.497 e. The molecule has 114 valence electrons. The molecule has 2 aromatic carbocycles. The maximum atomic E-state index is 13.4. The first-order chi connectivity index (χ1) is 10.6. The molecule has 2 aromatic rings. The van der Waals surface area contributed by atoms with Crippen molar-refractivity contribution in [1.29, 1.82) is 5.26 Å². The van der Waals surface area contributed by atoms with Gasteiger partial charge in [0.15, 0.2) is 11.6 Å². The minimum atomic E-state index is -0.752. The van der Waals surface area contributed by atoms with E-state index in [1.807, 2.05) is 12.1 Å². The van der Waals surface area contributed by atoms with E-state index in [9.17, 15) is 14.0 Å². The first-order valence-electron chi connectivity index (χ1n) is 6.75. The maximum Gasteiger partial charge on any atom is 0.167 e. The van der Waals surface area contributed by atoms with E-state index in [4.69, 9.17) is 9.47 Å². The third-order valence-electron chi connectivity index (χ3n) is 3.23. The fraction of sp³-hybridized carbons (Fsp3) is 0.235. The number of hydrogen-bond acceptors (Lipinski definition) is 3. The summed E-state index contributed by atoms with van der Waals surface area (Å²) < 4.78 is 36.5. The number of hydrogen-bond donors (Lipinski definition) is 0. The van der Waals surface area contributed by atoms with E-state index in [2.05, 4.69) is 6.07 Å². The van der Waals surface area contributed by atoms with Crippen LogP contribution in [0.3, 0.4) is 0 Å². The molecule has 0 bridgehead atoms. The number of methoxy groups -OCH3 is 1. The van der Waals surface area contributed by atoms with Crippen molar-refractivity contribution in [2.45, 2.75) is 12.3 Å². The Morgan fingerprint density at radius 3 is 2.45 bits per heavy atom. The summed E-state index contributed by atoms with van der Waals surface area (Å²) in [6.45, 7) is 0.160. The van der Waals surface area contributed by atoms with Gasteiger partial charge >= 0.3 is 0 Å². The summed E-state index contributed by atoms with van der Waals surface area (Å²) in [6.07, 6.45) is 0.402. The summed E-state index contributed by atoms with van der Waals surface area (Å²) in [6, 6.07) is 12.5. The second-order valence-electron chi connectivity index (χ2n) is 4.67. The molecule has 0 aliphatic heterocycles. The largest absolute Gasteiger partial charge is 0.497 e. The molecule has 0 radical (unpaired) electrons. The lowest BCUT2D eigenvalue weighted by Crippen LogP contribution is -2.05. The Bertz CT molecular complexity index is 665. The predicted octanol–water partition coefficient (Wildman–Crippen LogP) is 4.05. The molecule has 3 nitrogen and oxygen atoms in total. The Balaban J connectivity index is 1.94. The van der Waals surface area contributed by atoms with Crippen LogP contribution in [-0.4, -0.2) is 13.7 Å². The first kappa shape index (κ1) is 15.8. The Morgan fingerprint density at radius 1 is 1.14 bits per heavy atom. The maximum absolute atomic E-state index is 13.4. The molecule has 0 aromatic heterocycles. The zero-order chi connectivity index (χ0) is 15.9. The van der Waals surface area contributed by atoms with E-state index in [0.717, 1.165) is 17.7 Å². The van der Waals surface area contributed by atoms with Crippen molar-refractivity contribution in [3.05, 3.63) is 59.7 Å². The van der Waals surface area contributed by atoms with Crippen LogP contribution in [0.5, 0.6) is 11.5 Å². The average Bonchev–Trinajstić information content (AvgIpc) is 2.53. The van der Waals surface area contributed by atoms with Crippen molar-refractivity contribution in [2.75, 3.05) is 13.7 Å². The Morgan fingerprint density at radius 2 is 1.86 bits per heavy atom. The summed E-state index contributed by atoms with van der Waals surface area (Å²) in [7, 11) is 1.57. The normalized spacial score (nSPS) is 11.5. The molecule has 0 aliphatic carbocycles. The van der Waals surface area contributed by atoms with E-state index < -0.39 is 11.6 Å². The smallest absolute Gasteiger partial charge is 0.167 e. The standard InChI is InChI=1S/C17H15F2NO2/c1-21-15-5-2-12(3-6-15)13(11-20)8-9-22-17-7-4-14(18)10-16(17)19/h2-7,10,13H,8-9H2,1H3. The molecule has 0 N–H and O–H groups in total. The quantitative estimate of drug-likeness (QED) is 0.808. The third-order valence-corrected chi connectivity index (χ3v) is 3.23. The lowest BCUT2D eigenvalue weighted by atomic mass is 9.97. The van der Waals surface area contributed by atoms with Gasteiger partial charge in [-0.2, -0.15) is 5.26 Å². The number of ether oxygens (including phenoxy) is 2. The zero-order valence-corrected chi connectivity index (χ0v) is 12.1. The molecule has 0 saturated heterocycles. The fourth-order valence-corrected chi connectivity index (χ4v) is 2.02. The second-order valence-corrected chi connectivity index (χ2v) is 4.67. The molecule has 1 unspecified atom stereocenters. The van der Waals surface area contributed by atoms with Crippen molar-refractivity contribution in [1.82, 2.24) is 0 Å². The van der Waals surface area contributed by atoms with Crippen molar-refractivity contribution in [2.24, 2.45) is 0 Å². The van der Waals surface area contributed by atoms with Crippen LogP contribution in [-0.2, 0) is 0 Å². The van der Waals surface area contributed by atoms with E-state index in [1.54, 1.807) is 19.2 Å². The van der Waals surface area contributed by atoms with Gasteiger partial charge in [0, 0.05) is 12.5 Å². The molecule has 0 saturated carbocycles. The Labute approximate surface area is 127 Å². The monoisotopic (exact) mass is 303 g/mol. The number of benzene rings is 2. The van der Waals surface area contributed by atoms with Gasteiger partial charge in [-0.3, -0.25) is 0 Å². The van der Waals surface area contributed by atoms with Gasteiger partial charge in [0.1, 0.15) is 11.6 Å². The van der Waals surface area contributed by atoms with Gasteiger partial charge in [0.25, 0.3) is 0 Å². The average molecular weight is 303 g/mol. The molecule has 0 heterocycles. The summed E-state index contributed by atoms with van der Waals surface area (Å²) >= 11 is 0. The van der Waals surface area contributed by atoms with Crippen molar-refractivity contribution in [3.8, 4) is 17.6 Å². The summed E-state index contributed by atoms with van der Waals surface area (Å²) in [5, 5.41) is 9.23. The van der Waals surface area contributed by atoms with E-state index in [-0.39, 0.29) is 18.3 Å². The van der Waals surface area contributed by atoms with Gasteiger partial charge < -0.3 is 9.47 Å². The van der Waals surface area contributed by atoms with Crippen LogP contribution >= 0.6 is 0 Å². The van der Waals surface area contributed by atoms with Crippen LogP contribution < -0.4 is 9.47 Å². The number of nitrogens with zero attached hydrogens (tertiary/aromatic N) is 1. The Hall–Kier alpha value is -2.61. The van der Waals surface area contributed by atoms with E-state index >= 15 is 0 Å². The van der Waals surface area contributed by atoms with Crippen molar-refractivity contribution >= 4 is 0 Å². The predicted molar refractivity (Wildman–Crippen MR) is 77.8 cm³/mol. The van der Waals surface area contributed by atoms with Gasteiger partial charge in [0.05, 0.1) is 25.7 Å². The highest BCUT2D eigenvalue weighted by atomic mass is 19.1. The summed E-state index contributed by atoms with van der Waals surface area (Å²) in [4.78, 5) is 0. The summed E-state index contributed by atoms with van der Waals surface area (Å²) in [5.41, 5.74) is 0.839. The first-order valence-corrected chi connectivity index (χ1v) is 6.75. The van der Waals surface area contributed by atoms with Crippen LogP contribution in [0.25, 0.3) is 0 Å². The second kappa shape index (κ2) is 7.41. The third kappa shape index (κ3) is 3.95. The Kier molecular flexibility index (Phi) is 5.31. The van der Waals surface area contributed by atoms with Crippen LogP contribution in [0.4, 0.5) is 8.78 Å². The van der Waals surface area contributed by atoms with Gasteiger partial charge in [-0.05, 0) is 29.8 Å². The highest BCUT2D eigenvalue weighted by molar-refractivity contribution is 5.32. The van der Waals surface area contributed by atoms with Crippen LogP contribution in [0.1, 0.15) is 17.9 Å². The van der Waals surface area contributed by atoms with E-state index in [1.165, 1.54) is 6.07 Å². The molecule has 0 amide bonds. The summed E-state index contributed by atoms with van der Waals surface area (Å²) in [5.74, 6) is -1.08. The molecule has 5 heteroatoms. The molecular weight excluding hydrogens is 288 g/mol. The SMILES string of the molecule is COc1ccc(C(C#N)CCOc2ccc(F)cc2F)cc1. The van der Waals surface area contributed by atoms with Crippen LogP contribution in [0.2, 0.25) is 0 Å². The highest BCUT2D eigenvalue weighted by Crippen LogP contribution is 2.23. The molecule has 0 aliphatic rings. The fourth-order valence-electron chi connectivity index (χ4n) is 2.02. The lowest BCUT2D eigenvalue weighted by Gasteiger charge is -2.12. The topological polar surface area (TPSA) is 42.2 Å². The molecule has 1 atom stereocenters. The number of halogens is 2. The molecule has 22 heavy (non-hydrogen) atoms. The van der Waals surface area contributed by atoms with Gasteiger partial charge in [0.2, 0.25) is 0 Å². The molecule has 2 rings (SSSR count). The van der Waals surface area contributed by atoms with Gasteiger partial charge in [-0.1, -0.05) is 12.1 Å². The lowest BCUT2D eigenvalue weighted by molar-refractivity contribution is 0.290. The minimum absolute atomic E-state index is 0.0205. The van der Waals surface area contributed by atoms with Crippen LogP contribution in [0.15, 0.2) is 42.5 Å². The molecule has 0 spiro atoms. The number of rotatable bonds is 6. The molecule has 0 fully saturated rings. The van der Waals surface area contributed by atoms with Gasteiger partial charge in [-0.25, -0.2) is 8.78 Å². The molecular formula is C17H15F2NO2.